The minimum absolute atomic E-state index is 0.0117. The number of piperidine rings is 1. The van der Waals surface area contributed by atoms with Crippen molar-refractivity contribution in [3.05, 3.63) is 59.2 Å². The van der Waals surface area contributed by atoms with Crippen molar-refractivity contribution in [2.24, 2.45) is 0 Å². The van der Waals surface area contributed by atoms with Crippen LogP contribution in [0.15, 0.2) is 42.5 Å². The van der Waals surface area contributed by atoms with Crippen LogP contribution in [0.4, 0.5) is 0 Å². The summed E-state index contributed by atoms with van der Waals surface area (Å²) in [5, 5.41) is 5.36. The monoisotopic (exact) mass is 630 g/mol. The lowest BCUT2D eigenvalue weighted by Crippen LogP contribution is -2.54. The standard InChI is InChI=1S/C35H42N4O7/c1-38(17-5-6-18-45-25-11-9-22(10-12-25)32(41)36-23-7-3-2-4-8-23)24-19-27(20-24)46-26-13-14-28-29(21-26)35(44)39(34(28)43)30-15-16-31(40)37-33(30)42/h9-14,21,23-24,27,30H,2-8,15-20H2,1H3,(H,36,41)(H,37,40,42). The van der Waals surface area contributed by atoms with Crippen molar-refractivity contribution < 1.29 is 33.4 Å². The number of imide groups is 2. The molecule has 0 radical (unpaired) electrons. The van der Waals surface area contributed by atoms with E-state index < -0.39 is 29.7 Å². The average molecular weight is 631 g/mol. The van der Waals surface area contributed by atoms with Gasteiger partial charge in [-0.05, 0) is 88.2 Å². The van der Waals surface area contributed by atoms with E-state index in [1.807, 2.05) is 24.3 Å². The lowest BCUT2D eigenvalue weighted by atomic mass is 9.88. The van der Waals surface area contributed by atoms with E-state index in [0.717, 1.165) is 55.7 Å². The van der Waals surface area contributed by atoms with Crippen molar-refractivity contribution in [1.82, 2.24) is 20.4 Å². The van der Waals surface area contributed by atoms with Crippen LogP contribution in [0.1, 0.15) is 102 Å². The summed E-state index contributed by atoms with van der Waals surface area (Å²) in [6, 6.07) is 11.9. The Morgan fingerprint density at radius 1 is 0.913 bits per heavy atom. The lowest BCUT2D eigenvalue weighted by molar-refractivity contribution is -0.136. The van der Waals surface area contributed by atoms with E-state index in [1.165, 1.54) is 19.3 Å². The van der Waals surface area contributed by atoms with Gasteiger partial charge in [0.25, 0.3) is 17.7 Å². The van der Waals surface area contributed by atoms with Crippen LogP contribution in [0.25, 0.3) is 0 Å². The molecule has 2 aliphatic carbocycles. The first-order chi connectivity index (χ1) is 22.3. The molecule has 2 aliphatic heterocycles. The van der Waals surface area contributed by atoms with Crippen LogP contribution < -0.4 is 20.1 Å². The van der Waals surface area contributed by atoms with Gasteiger partial charge in [0.1, 0.15) is 23.6 Å². The zero-order valence-electron chi connectivity index (χ0n) is 26.3. The molecule has 2 heterocycles. The van der Waals surface area contributed by atoms with Crippen LogP contribution >= 0.6 is 0 Å². The van der Waals surface area contributed by atoms with Crippen molar-refractivity contribution in [3.63, 3.8) is 0 Å². The Balaban J connectivity index is 0.882. The summed E-state index contributed by atoms with van der Waals surface area (Å²) < 4.78 is 12.0. The number of rotatable bonds is 12. The summed E-state index contributed by atoms with van der Waals surface area (Å²) in [5.41, 5.74) is 1.13. The molecule has 1 unspecified atom stereocenters. The Bertz CT molecular complexity index is 1480. The second kappa shape index (κ2) is 14.0. The summed E-state index contributed by atoms with van der Waals surface area (Å²) in [7, 11) is 2.11. The van der Waals surface area contributed by atoms with E-state index in [9.17, 15) is 24.0 Å². The number of hydrogen-bond acceptors (Lipinski definition) is 8. The average Bonchev–Trinajstić information content (AvgIpc) is 3.27. The molecule has 11 nitrogen and oxygen atoms in total. The number of benzene rings is 2. The van der Waals surface area contributed by atoms with Crippen LogP contribution in [0.3, 0.4) is 0 Å². The SMILES string of the molecule is CN(CCCCOc1ccc(C(=O)NC2CCCCC2)cc1)C1CC(Oc2ccc3c(c2)C(=O)N(C2CCC(=O)NC2=O)C3=O)C1. The molecule has 1 saturated heterocycles. The van der Waals surface area contributed by atoms with Crippen LogP contribution in [-0.4, -0.2) is 83.8 Å². The lowest BCUT2D eigenvalue weighted by Gasteiger charge is -2.41. The van der Waals surface area contributed by atoms with Crippen LogP contribution in [0.5, 0.6) is 11.5 Å². The maximum Gasteiger partial charge on any atom is 0.262 e. The van der Waals surface area contributed by atoms with E-state index >= 15 is 0 Å². The first-order valence-electron chi connectivity index (χ1n) is 16.5. The molecule has 5 amide bonds. The van der Waals surface area contributed by atoms with Gasteiger partial charge in [-0.2, -0.15) is 0 Å². The molecule has 0 spiro atoms. The molecule has 46 heavy (non-hydrogen) atoms. The number of carbonyl (C=O) groups excluding carboxylic acids is 5. The molecule has 1 atom stereocenters. The van der Waals surface area contributed by atoms with Crippen molar-refractivity contribution in [2.45, 2.75) is 94.9 Å². The van der Waals surface area contributed by atoms with Gasteiger partial charge in [0.05, 0.1) is 17.7 Å². The predicted molar refractivity (Wildman–Crippen MR) is 169 cm³/mol. The number of nitrogens with one attached hydrogen (secondary N) is 2. The highest BCUT2D eigenvalue weighted by atomic mass is 16.5. The highest BCUT2D eigenvalue weighted by Gasteiger charge is 2.45. The third-order valence-electron chi connectivity index (χ3n) is 9.64. The molecule has 2 aromatic carbocycles. The molecule has 2 N–H and O–H groups in total. The highest BCUT2D eigenvalue weighted by Crippen LogP contribution is 2.33. The quantitative estimate of drug-likeness (QED) is 0.267. The molecular weight excluding hydrogens is 588 g/mol. The maximum atomic E-state index is 13.1. The van der Waals surface area contributed by atoms with Gasteiger partial charge in [-0.3, -0.25) is 34.2 Å². The fourth-order valence-corrected chi connectivity index (χ4v) is 6.76. The molecular formula is C35H42N4O7. The number of nitrogens with zero attached hydrogens (tertiary/aromatic N) is 2. The van der Waals surface area contributed by atoms with E-state index in [4.69, 9.17) is 9.47 Å². The van der Waals surface area contributed by atoms with Gasteiger partial charge in [0.2, 0.25) is 11.8 Å². The highest BCUT2D eigenvalue weighted by molar-refractivity contribution is 6.23. The van der Waals surface area contributed by atoms with E-state index in [0.29, 0.717) is 30.0 Å². The number of unbranched alkanes of at least 4 members (excludes halogenated alkanes) is 1. The molecule has 6 rings (SSSR count). The Morgan fingerprint density at radius 3 is 2.37 bits per heavy atom. The summed E-state index contributed by atoms with van der Waals surface area (Å²) in [6.45, 7) is 1.55. The Hall–Kier alpha value is -4.25. The Labute approximate surface area is 269 Å². The number of fused-ring (bicyclic) bond motifs is 1. The number of hydrogen-bond donors (Lipinski definition) is 2. The first kappa shape index (κ1) is 31.7. The van der Waals surface area contributed by atoms with Crippen molar-refractivity contribution in [1.29, 1.82) is 0 Å². The molecule has 2 aromatic rings. The van der Waals surface area contributed by atoms with Crippen molar-refractivity contribution >= 4 is 29.5 Å². The normalized spacial score (nSPS) is 23.2. The summed E-state index contributed by atoms with van der Waals surface area (Å²) >= 11 is 0. The number of carbonyl (C=O) groups is 5. The number of amides is 5. The molecule has 0 bridgehead atoms. The van der Waals surface area contributed by atoms with E-state index in [1.54, 1.807) is 18.2 Å². The smallest absolute Gasteiger partial charge is 0.262 e. The number of ether oxygens (including phenoxy) is 2. The van der Waals surface area contributed by atoms with Crippen molar-refractivity contribution in [2.75, 3.05) is 20.2 Å². The Kier molecular flexibility index (Phi) is 9.67. The van der Waals surface area contributed by atoms with Crippen molar-refractivity contribution in [3.8, 4) is 11.5 Å². The third kappa shape index (κ3) is 7.09. The maximum absolute atomic E-state index is 13.1. The Morgan fingerprint density at radius 2 is 1.63 bits per heavy atom. The summed E-state index contributed by atoms with van der Waals surface area (Å²) in [6.07, 6.45) is 9.61. The minimum atomic E-state index is -0.985. The largest absolute Gasteiger partial charge is 0.494 e. The van der Waals surface area contributed by atoms with Gasteiger partial charge < -0.3 is 19.7 Å². The topological polar surface area (TPSA) is 134 Å². The van der Waals surface area contributed by atoms with E-state index in [2.05, 4.69) is 22.6 Å². The van der Waals surface area contributed by atoms with Gasteiger partial charge in [-0.1, -0.05) is 19.3 Å². The van der Waals surface area contributed by atoms with Gasteiger partial charge in [-0.25, -0.2) is 0 Å². The second-order valence-electron chi connectivity index (χ2n) is 12.9. The van der Waals surface area contributed by atoms with Gasteiger partial charge >= 0.3 is 0 Å². The predicted octanol–water partition coefficient (Wildman–Crippen LogP) is 3.85. The van der Waals surface area contributed by atoms with E-state index in [-0.39, 0.29) is 36.0 Å². The fourth-order valence-electron chi connectivity index (χ4n) is 6.76. The third-order valence-corrected chi connectivity index (χ3v) is 9.64. The molecule has 4 aliphatic rings. The zero-order valence-corrected chi connectivity index (χ0v) is 26.3. The molecule has 3 fully saturated rings. The minimum Gasteiger partial charge on any atom is -0.494 e. The first-order valence-corrected chi connectivity index (χ1v) is 16.5. The summed E-state index contributed by atoms with van der Waals surface area (Å²) in [5.74, 6) is -0.813. The zero-order chi connectivity index (χ0) is 32.2. The van der Waals surface area contributed by atoms with Gasteiger partial charge in [-0.15, -0.1) is 0 Å². The van der Waals surface area contributed by atoms with Crippen LogP contribution in [0.2, 0.25) is 0 Å². The second-order valence-corrected chi connectivity index (χ2v) is 12.9. The molecule has 2 saturated carbocycles. The summed E-state index contributed by atoms with van der Waals surface area (Å²) in [4.78, 5) is 65.6. The van der Waals surface area contributed by atoms with Gasteiger partial charge in [0.15, 0.2) is 0 Å². The fraction of sp³-hybridized carbons (Fsp3) is 0.514. The van der Waals surface area contributed by atoms with Gasteiger partial charge in [0, 0.05) is 36.9 Å². The molecule has 244 valence electrons. The van der Waals surface area contributed by atoms with Crippen LogP contribution in [0, 0.1) is 0 Å². The van der Waals surface area contributed by atoms with Crippen LogP contribution in [-0.2, 0) is 9.59 Å². The molecule has 0 aromatic heterocycles. The molecule has 11 heteroatoms.